The number of fused-ring (bicyclic) bond motifs is 5. The number of nitrogens with one attached hydrogen (secondary N) is 1. The number of rotatable bonds is 7. The Morgan fingerprint density at radius 1 is 1.02 bits per heavy atom. The maximum absolute atomic E-state index is 13.9. The Kier molecular flexibility index (Phi) is 7.45. The third kappa shape index (κ3) is 5.37. The van der Waals surface area contributed by atoms with E-state index < -0.39 is 6.04 Å². The monoisotopic (exact) mass is 585 g/mol. The fourth-order valence-electron chi connectivity index (χ4n) is 6.47. The average molecular weight is 586 g/mol. The predicted molar refractivity (Wildman–Crippen MR) is 160 cm³/mol. The number of furan rings is 1. The molecule has 3 unspecified atom stereocenters. The highest BCUT2D eigenvalue weighted by Gasteiger charge is 2.39. The third-order valence-corrected chi connectivity index (χ3v) is 8.51. The number of amides is 2. The highest BCUT2D eigenvalue weighted by molar-refractivity contribution is 5.93. The van der Waals surface area contributed by atoms with Crippen molar-refractivity contribution in [3.63, 3.8) is 0 Å². The van der Waals surface area contributed by atoms with Gasteiger partial charge in [0.15, 0.2) is 5.58 Å². The van der Waals surface area contributed by atoms with Crippen molar-refractivity contribution in [1.82, 2.24) is 14.8 Å². The fraction of sp³-hybridized carbons (Fsp3) is 0.394. The lowest BCUT2D eigenvalue weighted by Crippen LogP contribution is -2.56. The first kappa shape index (κ1) is 28.5. The van der Waals surface area contributed by atoms with Crippen molar-refractivity contribution in [3.8, 4) is 17.1 Å². The number of likely N-dealkylation sites (tertiary alicyclic amines) is 1. The molecule has 0 spiro atoms. The van der Waals surface area contributed by atoms with E-state index in [9.17, 15) is 19.2 Å². The maximum Gasteiger partial charge on any atom is 0.250 e. The van der Waals surface area contributed by atoms with Crippen LogP contribution in [-0.4, -0.2) is 47.5 Å². The number of nitrogens with zero attached hydrogens (tertiary/aromatic N) is 2. The second-order valence-corrected chi connectivity index (χ2v) is 11.9. The predicted octanol–water partition coefficient (Wildman–Crippen LogP) is 3.86. The van der Waals surface area contributed by atoms with Gasteiger partial charge in [-0.15, -0.1) is 0 Å². The van der Waals surface area contributed by atoms with Gasteiger partial charge in [0, 0.05) is 48.9 Å². The number of ether oxygens (including phenoxy) is 1. The summed E-state index contributed by atoms with van der Waals surface area (Å²) >= 11 is 0. The van der Waals surface area contributed by atoms with Crippen LogP contribution in [0, 0.1) is 18.8 Å². The SMILES string of the molecule is COc1ccc(-c2oc3c(=O)cc(C)oc3c2CC(=O)NC(C(=O)N2CC3CC(C2)c2cccc(=O)n2C3)C(C)C)cc1. The smallest absolute Gasteiger partial charge is 0.250 e. The number of aromatic nitrogens is 1. The van der Waals surface area contributed by atoms with E-state index in [1.165, 1.54) is 6.07 Å². The van der Waals surface area contributed by atoms with Crippen LogP contribution in [0.4, 0.5) is 0 Å². The summed E-state index contributed by atoms with van der Waals surface area (Å²) < 4.78 is 19.0. The standard InChI is InChI=1S/C33H35N3O7/c1-18(2)29(33(40)35-15-20-13-22(17-35)25-6-5-7-28(39)36(25)16-20)34-27(38)14-24-30(21-8-10-23(41-4)11-9-21)43-32-26(37)12-19(3)42-31(24)32/h5-12,18,20,22,29H,13-17H2,1-4H3,(H,34,38). The van der Waals surface area contributed by atoms with Gasteiger partial charge >= 0.3 is 0 Å². The Hall–Kier alpha value is -4.60. The number of benzene rings is 1. The minimum Gasteiger partial charge on any atom is -0.497 e. The highest BCUT2D eigenvalue weighted by atomic mass is 16.5. The summed E-state index contributed by atoms with van der Waals surface area (Å²) in [5.41, 5.74) is 1.96. The van der Waals surface area contributed by atoms with Crippen LogP contribution in [0.3, 0.4) is 0 Å². The number of pyridine rings is 1. The lowest BCUT2D eigenvalue weighted by Gasteiger charge is -2.44. The van der Waals surface area contributed by atoms with E-state index >= 15 is 0 Å². The summed E-state index contributed by atoms with van der Waals surface area (Å²) in [5.74, 6) is 0.955. The lowest BCUT2D eigenvalue weighted by molar-refractivity contribution is -0.140. The Labute approximate surface area is 248 Å². The molecule has 6 rings (SSSR count). The molecule has 2 bridgehead atoms. The second-order valence-electron chi connectivity index (χ2n) is 11.9. The lowest BCUT2D eigenvalue weighted by atomic mass is 9.82. The molecule has 0 aliphatic carbocycles. The molecular formula is C33H35N3O7. The Bertz CT molecular complexity index is 1810. The summed E-state index contributed by atoms with van der Waals surface area (Å²) in [5, 5.41) is 2.97. The Morgan fingerprint density at radius 3 is 2.51 bits per heavy atom. The average Bonchev–Trinajstić information content (AvgIpc) is 3.34. The van der Waals surface area contributed by atoms with E-state index in [4.69, 9.17) is 13.6 Å². The van der Waals surface area contributed by atoms with Crippen molar-refractivity contribution in [1.29, 1.82) is 0 Å². The van der Waals surface area contributed by atoms with Crippen LogP contribution in [0.2, 0.25) is 0 Å². The van der Waals surface area contributed by atoms with E-state index in [-0.39, 0.29) is 58.1 Å². The first-order chi connectivity index (χ1) is 20.6. The second kappa shape index (κ2) is 11.2. The number of piperidine rings is 1. The molecule has 1 fully saturated rings. The first-order valence-corrected chi connectivity index (χ1v) is 14.6. The van der Waals surface area contributed by atoms with Crippen LogP contribution in [-0.2, 0) is 22.6 Å². The molecule has 3 aromatic heterocycles. The van der Waals surface area contributed by atoms with Crippen LogP contribution in [0.15, 0.2) is 67.0 Å². The number of hydrogen-bond acceptors (Lipinski definition) is 7. The normalized spacial score (nSPS) is 18.4. The van der Waals surface area contributed by atoms with Gasteiger partial charge in [-0.1, -0.05) is 19.9 Å². The number of aryl methyl sites for hydroxylation is 1. The van der Waals surface area contributed by atoms with Crippen LogP contribution in [0.5, 0.6) is 5.75 Å². The number of carbonyl (C=O) groups is 2. The number of carbonyl (C=O) groups excluding carboxylic acids is 2. The Morgan fingerprint density at radius 2 is 1.79 bits per heavy atom. The molecule has 43 heavy (non-hydrogen) atoms. The van der Waals surface area contributed by atoms with Crippen molar-refractivity contribution < 1.29 is 23.2 Å². The minimum atomic E-state index is -0.749. The Balaban J connectivity index is 1.26. The molecule has 3 atom stereocenters. The van der Waals surface area contributed by atoms with Gasteiger partial charge in [0.25, 0.3) is 5.56 Å². The van der Waals surface area contributed by atoms with E-state index in [1.807, 2.05) is 29.4 Å². The molecule has 10 heteroatoms. The van der Waals surface area contributed by atoms with Crippen molar-refractivity contribution in [2.75, 3.05) is 20.2 Å². The highest BCUT2D eigenvalue weighted by Crippen LogP contribution is 2.36. The van der Waals surface area contributed by atoms with Gasteiger partial charge in [-0.3, -0.25) is 19.2 Å². The minimum absolute atomic E-state index is 0.00824. The summed E-state index contributed by atoms with van der Waals surface area (Å²) in [6.45, 7) is 7.09. The molecule has 0 saturated carbocycles. The van der Waals surface area contributed by atoms with Crippen molar-refractivity contribution in [2.45, 2.75) is 52.1 Å². The van der Waals surface area contributed by atoms with Crippen LogP contribution in [0.1, 0.15) is 43.2 Å². The molecule has 1 N–H and O–H groups in total. The molecule has 10 nitrogen and oxygen atoms in total. The molecule has 2 aliphatic heterocycles. The topological polar surface area (TPSA) is 124 Å². The van der Waals surface area contributed by atoms with E-state index in [0.29, 0.717) is 48.0 Å². The van der Waals surface area contributed by atoms with Gasteiger partial charge in [-0.05, 0) is 55.5 Å². The van der Waals surface area contributed by atoms with Crippen LogP contribution >= 0.6 is 0 Å². The molecule has 1 saturated heterocycles. The molecular weight excluding hydrogens is 550 g/mol. The van der Waals surface area contributed by atoms with Crippen molar-refractivity contribution >= 4 is 23.0 Å². The number of hydrogen-bond donors (Lipinski definition) is 1. The summed E-state index contributed by atoms with van der Waals surface area (Å²) in [6, 6.07) is 13.0. The summed E-state index contributed by atoms with van der Waals surface area (Å²) in [4.78, 5) is 54.5. The zero-order valence-electron chi connectivity index (χ0n) is 24.7. The molecule has 0 radical (unpaired) electrons. The first-order valence-electron chi connectivity index (χ1n) is 14.6. The quantitative estimate of drug-likeness (QED) is 0.349. The largest absolute Gasteiger partial charge is 0.497 e. The number of methoxy groups -OCH3 is 1. The fourth-order valence-corrected chi connectivity index (χ4v) is 6.47. The van der Waals surface area contributed by atoms with Gasteiger partial charge in [0.05, 0.1) is 19.1 Å². The summed E-state index contributed by atoms with van der Waals surface area (Å²) in [7, 11) is 1.57. The molecule has 224 valence electrons. The maximum atomic E-state index is 13.9. The molecule has 1 aromatic carbocycles. The van der Waals surface area contributed by atoms with Gasteiger partial charge in [-0.25, -0.2) is 0 Å². The van der Waals surface area contributed by atoms with Crippen LogP contribution < -0.4 is 21.0 Å². The van der Waals surface area contributed by atoms with Gasteiger partial charge in [-0.2, -0.15) is 0 Å². The molecule has 5 heterocycles. The van der Waals surface area contributed by atoms with Crippen molar-refractivity contribution in [2.24, 2.45) is 11.8 Å². The molecule has 2 amide bonds. The molecule has 4 aromatic rings. The van der Waals surface area contributed by atoms with E-state index in [1.54, 1.807) is 50.4 Å². The van der Waals surface area contributed by atoms with Gasteiger partial charge in [0.1, 0.15) is 23.3 Å². The van der Waals surface area contributed by atoms with Gasteiger partial charge < -0.3 is 28.4 Å². The van der Waals surface area contributed by atoms with Crippen molar-refractivity contribution in [3.05, 3.63) is 86.1 Å². The van der Waals surface area contributed by atoms with E-state index in [2.05, 4.69) is 5.32 Å². The van der Waals surface area contributed by atoms with Gasteiger partial charge in [0.2, 0.25) is 22.8 Å². The summed E-state index contributed by atoms with van der Waals surface area (Å²) in [6.07, 6.45) is 0.775. The third-order valence-electron chi connectivity index (χ3n) is 8.51. The van der Waals surface area contributed by atoms with E-state index in [0.717, 1.165) is 12.1 Å². The zero-order valence-corrected chi connectivity index (χ0v) is 24.7. The zero-order chi connectivity index (χ0) is 30.4. The molecule has 2 aliphatic rings. The van der Waals surface area contributed by atoms with Crippen LogP contribution in [0.25, 0.3) is 22.5 Å².